The molecular formula is C17H21N3O. The minimum absolute atomic E-state index is 0.214. The first-order valence-electron chi connectivity index (χ1n) is 7.51. The lowest BCUT2D eigenvalue weighted by Gasteiger charge is -2.25. The Bertz CT molecular complexity index is 654. The lowest BCUT2D eigenvalue weighted by molar-refractivity contribution is 0.274. The molecule has 4 heteroatoms. The van der Waals surface area contributed by atoms with Crippen LogP contribution in [0.5, 0.6) is 5.75 Å². The van der Waals surface area contributed by atoms with Crippen molar-refractivity contribution in [2.24, 2.45) is 0 Å². The van der Waals surface area contributed by atoms with Gasteiger partial charge in [-0.3, -0.25) is 0 Å². The van der Waals surface area contributed by atoms with Gasteiger partial charge in [0.15, 0.2) is 0 Å². The van der Waals surface area contributed by atoms with Gasteiger partial charge in [0.2, 0.25) is 0 Å². The van der Waals surface area contributed by atoms with Gasteiger partial charge in [-0.15, -0.1) is 0 Å². The van der Waals surface area contributed by atoms with E-state index in [-0.39, 0.29) is 5.92 Å². The number of hydrogen-bond donors (Lipinski definition) is 1. The largest absolute Gasteiger partial charge is 0.493 e. The number of nitrogens with zero attached hydrogens (tertiary/aromatic N) is 2. The summed E-state index contributed by atoms with van der Waals surface area (Å²) in [6.45, 7) is 7.78. The molecular weight excluding hydrogens is 262 g/mol. The van der Waals surface area contributed by atoms with E-state index in [0.717, 1.165) is 41.6 Å². The molecule has 0 saturated heterocycles. The molecule has 4 nitrogen and oxygen atoms in total. The maximum atomic E-state index is 5.74. The van der Waals surface area contributed by atoms with E-state index in [2.05, 4.69) is 25.2 Å². The van der Waals surface area contributed by atoms with Gasteiger partial charge in [-0.25, -0.2) is 9.97 Å². The highest BCUT2D eigenvalue weighted by Gasteiger charge is 2.26. The van der Waals surface area contributed by atoms with Crippen molar-refractivity contribution in [3.05, 3.63) is 46.9 Å². The van der Waals surface area contributed by atoms with Gasteiger partial charge in [-0.1, -0.05) is 18.2 Å². The molecule has 2 heterocycles. The summed E-state index contributed by atoms with van der Waals surface area (Å²) in [6, 6.07) is 8.19. The van der Waals surface area contributed by atoms with Crippen molar-refractivity contribution in [2.75, 3.05) is 18.5 Å². The topological polar surface area (TPSA) is 47.0 Å². The van der Waals surface area contributed by atoms with Crippen molar-refractivity contribution < 1.29 is 4.74 Å². The third-order valence-electron chi connectivity index (χ3n) is 4.02. The number of benzene rings is 1. The van der Waals surface area contributed by atoms with E-state index in [1.54, 1.807) is 0 Å². The molecule has 1 aliphatic heterocycles. The van der Waals surface area contributed by atoms with Crippen LogP contribution >= 0.6 is 0 Å². The predicted octanol–water partition coefficient (Wildman–Crippen LogP) is 3.44. The summed E-state index contributed by atoms with van der Waals surface area (Å²) in [4.78, 5) is 9.50. The van der Waals surface area contributed by atoms with Crippen LogP contribution in [0.4, 0.5) is 5.82 Å². The summed E-state index contributed by atoms with van der Waals surface area (Å²) < 4.78 is 5.74. The van der Waals surface area contributed by atoms with E-state index in [0.29, 0.717) is 6.61 Å². The van der Waals surface area contributed by atoms with Gasteiger partial charge in [0.25, 0.3) is 0 Å². The van der Waals surface area contributed by atoms with Gasteiger partial charge in [-0.05, 0) is 33.3 Å². The first-order chi connectivity index (χ1) is 10.2. The Hall–Kier alpha value is -2.10. The Balaban J connectivity index is 2.05. The number of ether oxygens (including phenoxy) is 1. The first-order valence-corrected chi connectivity index (χ1v) is 7.51. The van der Waals surface area contributed by atoms with E-state index in [9.17, 15) is 0 Å². The molecule has 3 rings (SSSR count). The number of fused-ring (bicyclic) bond motifs is 1. The van der Waals surface area contributed by atoms with Crippen LogP contribution in [0.3, 0.4) is 0 Å². The maximum Gasteiger partial charge on any atom is 0.138 e. The smallest absolute Gasteiger partial charge is 0.138 e. The van der Waals surface area contributed by atoms with E-state index in [1.807, 2.05) is 25.1 Å². The van der Waals surface area contributed by atoms with Crippen molar-refractivity contribution >= 4 is 5.82 Å². The number of aryl methyl sites for hydroxylation is 1. The molecule has 21 heavy (non-hydrogen) atoms. The highest BCUT2D eigenvalue weighted by Crippen LogP contribution is 2.37. The van der Waals surface area contributed by atoms with E-state index in [1.165, 1.54) is 5.56 Å². The van der Waals surface area contributed by atoms with Crippen molar-refractivity contribution in [2.45, 2.75) is 33.1 Å². The van der Waals surface area contributed by atoms with Gasteiger partial charge >= 0.3 is 0 Å². The molecule has 1 atom stereocenters. The summed E-state index contributed by atoms with van der Waals surface area (Å²) in [5.74, 6) is 3.01. The quantitative estimate of drug-likeness (QED) is 0.937. The molecule has 0 spiro atoms. The van der Waals surface area contributed by atoms with Crippen molar-refractivity contribution in [1.82, 2.24) is 9.97 Å². The Morgan fingerprint density at radius 1 is 1.24 bits per heavy atom. The summed E-state index contributed by atoms with van der Waals surface area (Å²) in [6.07, 6.45) is 0.922. The van der Waals surface area contributed by atoms with E-state index >= 15 is 0 Å². The van der Waals surface area contributed by atoms with Crippen molar-refractivity contribution in [3.8, 4) is 5.75 Å². The molecule has 110 valence electrons. The third-order valence-corrected chi connectivity index (χ3v) is 4.02. The van der Waals surface area contributed by atoms with Crippen LogP contribution < -0.4 is 10.1 Å². The average Bonchev–Trinajstić information content (AvgIpc) is 2.51. The van der Waals surface area contributed by atoms with Crippen LogP contribution in [0.15, 0.2) is 24.3 Å². The lowest BCUT2D eigenvalue weighted by Crippen LogP contribution is -2.18. The zero-order chi connectivity index (χ0) is 14.8. The minimum atomic E-state index is 0.214. The highest BCUT2D eigenvalue weighted by atomic mass is 16.5. The van der Waals surface area contributed by atoms with E-state index in [4.69, 9.17) is 14.7 Å². The number of rotatable bonds is 3. The average molecular weight is 283 g/mol. The summed E-state index contributed by atoms with van der Waals surface area (Å²) in [5, 5.41) is 3.34. The third kappa shape index (κ3) is 2.58. The number of aromatic nitrogens is 2. The lowest BCUT2D eigenvalue weighted by atomic mass is 9.92. The second kappa shape index (κ2) is 5.72. The predicted molar refractivity (Wildman–Crippen MR) is 84.1 cm³/mol. The van der Waals surface area contributed by atoms with Crippen molar-refractivity contribution in [3.63, 3.8) is 0 Å². The van der Waals surface area contributed by atoms with Crippen LogP contribution in [0, 0.1) is 13.8 Å². The van der Waals surface area contributed by atoms with Gasteiger partial charge < -0.3 is 10.1 Å². The molecule has 1 aliphatic rings. The van der Waals surface area contributed by atoms with Gasteiger partial charge in [0, 0.05) is 23.4 Å². The first kappa shape index (κ1) is 13.9. The fourth-order valence-corrected chi connectivity index (χ4v) is 2.76. The van der Waals surface area contributed by atoms with Crippen LogP contribution in [0.25, 0.3) is 0 Å². The fraction of sp³-hybridized carbons (Fsp3) is 0.412. The molecule has 0 amide bonds. The Morgan fingerprint density at radius 3 is 2.86 bits per heavy atom. The summed E-state index contributed by atoms with van der Waals surface area (Å²) in [5.41, 5.74) is 3.36. The SMILES string of the molecule is CCNc1nc(C2CCOc3ccccc32)nc(C)c1C. The molecule has 1 unspecified atom stereocenters. The molecule has 0 saturated carbocycles. The van der Waals surface area contributed by atoms with Gasteiger partial charge in [0.05, 0.1) is 12.5 Å². The fourth-order valence-electron chi connectivity index (χ4n) is 2.76. The Labute approximate surface area is 125 Å². The zero-order valence-electron chi connectivity index (χ0n) is 12.8. The van der Waals surface area contributed by atoms with E-state index < -0.39 is 0 Å². The van der Waals surface area contributed by atoms with Gasteiger partial charge in [0.1, 0.15) is 17.4 Å². The highest BCUT2D eigenvalue weighted by molar-refractivity contribution is 5.47. The van der Waals surface area contributed by atoms with Crippen LogP contribution in [0.1, 0.15) is 41.9 Å². The monoisotopic (exact) mass is 283 g/mol. The van der Waals surface area contributed by atoms with Crippen LogP contribution in [-0.2, 0) is 0 Å². The molecule has 0 radical (unpaired) electrons. The number of hydrogen-bond acceptors (Lipinski definition) is 4. The molecule has 2 aromatic rings. The maximum absolute atomic E-state index is 5.74. The van der Waals surface area contributed by atoms with Crippen LogP contribution in [-0.4, -0.2) is 23.1 Å². The summed E-state index contributed by atoms with van der Waals surface area (Å²) >= 11 is 0. The normalized spacial score (nSPS) is 17.0. The molecule has 1 aromatic carbocycles. The Kier molecular flexibility index (Phi) is 3.78. The second-order valence-corrected chi connectivity index (χ2v) is 5.40. The molecule has 0 bridgehead atoms. The minimum Gasteiger partial charge on any atom is -0.493 e. The number of nitrogens with one attached hydrogen (secondary N) is 1. The second-order valence-electron chi connectivity index (χ2n) is 5.40. The molecule has 0 fully saturated rings. The van der Waals surface area contributed by atoms with Crippen molar-refractivity contribution in [1.29, 1.82) is 0 Å². The van der Waals surface area contributed by atoms with Gasteiger partial charge in [-0.2, -0.15) is 0 Å². The molecule has 1 N–H and O–H groups in total. The standard InChI is InChI=1S/C17H21N3O/c1-4-18-16-11(2)12(3)19-17(20-16)14-9-10-21-15-8-6-5-7-13(14)15/h5-8,14H,4,9-10H2,1-3H3,(H,18,19,20). The number of anilines is 1. The zero-order valence-corrected chi connectivity index (χ0v) is 12.8. The van der Waals surface area contributed by atoms with Crippen LogP contribution in [0.2, 0.25) is 0 Å². The molecule has 1 aromatic heterocycles. The Morgan fingerprint density at radius 2 is 2.05 bits per heavy atom. The molecule has 0 aliphatic carbocycles. The number of para-hydroxylation sites is 1. The summed E-state index contributed by atoms with van der Waals surface area (Å²) in [7, 11) is 0.